The van der Waals surface area contributed by atoms with Crippen LogP contribution in [0.3, 0.4) is 0 Å². The van der Waals surface area contributed by atoms with Gasteiger partial charge in [0.05, 0.1) is 11.2 Å². The Hall–Kier alpha value is -1.83. The van der Waals surface area contributed by atoms with E-state index < -0.39 is 0 Å². The summed E-state index contributed by atoms with van der Waals surface area (Å²) in [5.74, 6) is 0. The highest BCUT2D eigenvalue weighted by Gasteiger charge is 2.40. The third-order valence-corrected chi connectivity index (χ3v) is 7.01. The Kier molecular flexibility index (Phi) is 5.49. The number of aromatic amines is 1. The van der Waals surface area contributed by atoms with Crippen molar-refractivity contribution in [2.24, 2.45) is 5.41 Å². The molecule has 0 amide bonds. The van der Waals surface area contributed by atoms with Crippen molar-refractivity contribution in [2.75, 3.05) is 33.2 Å². The van der Waals surface area contributed by atoms with E-state index in [1.807, 2.05) is 24.4 Å². The summed E-state index contributed by atoms with van der Waals surface area (Å²) in [6.07, 6.45) is 7.12. The van der Waals surface area contributed by atoms with Crippen LogP contribution >= 0.6 is 23.4 Å². The van der Waals surface area contributed by atoms with Gasteiger partial charge in [0.15, 0.2) is 5.17 Å². The van der Waals surface area contributed by atoms with Gasteiger partial charge in [-0.05, 0) is 56.2 Å². The molecule has 3 N–H and O–H groups in total. The van der Waals surface area contributed by atoms with Gasteiger partial charge < -0.3 is 9.80 Å². The molecule has 2 aliphatic rings. The molecule has 28 heavy (non-hydrogen) atoms. The molecular formula is C20H25ClN6S. The van der Waals surface area contributed by atoms with Crippen LogP contribution in [-0.4, -0.2) is 63.4 Å². The van der Waals surface area contributed by atoms with E-state index in [0.717, 1.165) is 43.7 Å². The SMILES string of the molecule is CN1CCC2(CCCN(C(=N)SC(=N)c3ccc(-c4cn[nH]c4)cc3Cl)C2)C1. The summed E-state index contributed by atoms with van der Waals surface area (Å²) in [5.41, 5.74) is 2.89. The number of hydrogen-bond acceptors (Lipinski definition) is 5. The van der Waals surface area contributed by atoms with Crippen molar-refractivity contribution in [1.29, 1.82) is 10.8 Å². The van der Waals surface area contributed by atoms with Crippen molar-refractivity contribution in [3.63, 3.8) is 0 Å². The summed E-state index contributed by atoms with van der Waals surface area (Å²) >= 11 is 7.65. The van der Waals surface area contributed by atoms with Crippen molar-refractivity contribution >= 4 is 33.6 Å². The predicted molar refractivity (Wildman–Crippen MR) is 117 cm³/mol. The van der Waals surface area contributed by atoms with Gasteiger partial charge in [-0.2, -0.15) is 5.10 Å². The van der Waals surface area contributed by atoms with Crippen LogP contribution < -0.4 is 0 Å². The number of rotatable bonds is 2. The number of piperidine rings is 1. The number of hydrogen-bond donors (Lipinski definition) is 3. The van der Waals surface area contributed by atoms with E-state index in [-0.39, 0.29) is 0 Å². The maximum absolute atomic E-state index is 8.57. The largest absolute Gasteiger partial charge is 0.351 e. The van der Waals surface area contributed by atoms with Gasteiger partial charge in [-0.1, -0.05) is 23.7 Å². The minimum absolute atomic E-state index is 0.311. The first kappa shape index (κ1) is 19.5. The highest BCUT2D eigenvalue weighted by molar-refractivity contribution is 8.26. The molecular weight excluding hydrogens is 392 g/mol. The first-order valence-electron chi connectivity index (χ1n) is 9.53. The molecule has 1 aromatic carbocycles. The Balaban J connectivity index is 1.42. The Morgan fingerprint density at radius 1 is 1.21 bits per heavy atom. The van der Waals surface area contributed by atoms with Crippen molar-refractivity contribution in [2.45, 2.75) is 19.3 Å². The molecule has 1 spiro atoms. The summed E-state index contributed by atoms with van der Waals surface area (Å²) in [7, 11) is 2.18. The molecule has 2 aromatic rings. The lowest BCUT2D eigenvalue weighted by atomic mass is 9.79. The Morgan fingerprint density at radius 2 is 2.07 bits per heavy atom. The topological polar surface area (TPSA) is 82.9 Å². The van der Waals surface area contributed by atoms with Gasteiger partial charge in [-0.3, -0.25) is 15.9 Å². The standard InChI is InChI=1S/C20H25ClN6S/c1-26-8-6-20(12-26)5-2-7-27(13-20)19(23)28-18(22)16-4-3-14(9-17(16)21)15-10-24-25-11-15/h3-4,9-11,22-23H,2,5-8,12-13H2,1H3,(H,24,25). The van der Waals surface area contributed by atoms with Crippen LogP contribution in [0.5, 0.6) is 0 Å². The second-order valence-electron chi connectivity index (χ2n) is 7.93. The zero-order valence-corrected chi connectivity index (χ0v) is 17.5. The molecule has 8 heteroatoms. The van der Waals surface area contributed by atoms with E-state index >= 15 is 0 Å². The maximum Gasteiger partial charge on any atom is 0.162 e. The number of H-pyrrole nitrogens is 1. The number of halogens is 1. The Bertz CT molecular complexity index is 879. The molecule has 0 aliphatic carbocycles. The van der Waals surface area contributed by atoms with Gasteiger partial charge in [0.2, 0.25) is 0 Å². The highest BCUT2D eigenvalue weighted by atomic mass is 35.5. The molecule has 4 rings (SSSR count). The van der Waals surface area contributed by atoms with Crippen molar-refractivity contribution in [3.05, 3.63) is 41.2 Å². The fourth-order valence-electron chi connectivity index (χ4n) is 4.38. The molecule has 148 valence electrons. The Labute approximate surface area is 174 Å². The summed E-state index contributed by atoms with van der Waals surface area (Å²) < 4.78 is 0. The average Bonchev–Trinajstić information content (AvgIpc) is 3.32. The smallest absolute Gasteiger partial charge is 0.162 e. The fraction of sp³-hybridized carbons (Fsp3) is 0.450. The number of thioether (sulfide) groups is 1. The van der Waals surface area contributed by atoms with Gasteiger partial charge in [0.1, 0.15) is 5.04 Å². The summed E-state index contributed by atoms with van der Waals surface area (Å²) in [6.45, 7) is 4.07. The first-order valence-corrected chi connectivity index (χ1v) is 10.7. The molecule has 2 fully saturated rings. The number of nitrogens with zero attached hydrogens (tertiary/aromatic N) is 3. The van der Waals surface area contributed by atoms with E-state index in [1.54, 1.807) is 6.20 Å². The number of likely N-dealkylation sites (tertiary alicyclic amines) is 2. The van der Waals surface area contributed by atoms with Gasteiger partial charge in [0.25, 0.3) is 0 Å². The molecule has 2 saturated heterocycles. The number of amidine groups is 1. The van der Waals surface area contributed by atoms with E-state index in [4.69, 9.17) is 22.4 Å². The number of nitrogens with one attached hydrogen (secondary N) is 3. The van der Waals surface area contributed by atoms with Crippen molar-refractivity contribution in [3.8, 4) is 11.1 Å². The molecule has 0 radical (unpaired) electrons. The molecule has 1 atom stereocenters. The average molecular weight is 417 g/mol. The van der Waals surface area contributed by atoms with E-state index in [0.29, 0.717) is 26.2 Å². The normalized spacial score (nSPS) is 22.7. The lowest BCUT2D eigenvalue weighted by molar-refractivity contribution is 0.148. The number of aromatic nitrogens is 2. The monoisotopic (exact) mass is 416 g/mol. The molecule has 6 nitrogen and oxygen atoms in total. The lowest BCUT2D eigenvalue weighted by Crippen LogP contribution is -2.46. The van der Waals surface area contributed by atoms with Crippen LogP contribution in [0.4, 0.5) is 0 Å². The molecule has 3 heterocycles. The van der Waals surface area contributed by atoms with Crippen LogP contribution in [-0.2, 0) is 0 Å². The van der Waals surface area contributed by atoms with Crippen LogP contribution in [0, 0.1) is 16.2 Å². The third kappa shape index (κ3) is 3.97. The third-order valence-electron chi connectivity index (χ3n) is 5.82. The van der Waals surface area contributed by atoms with Gasteiger partial charge in [0, 0.05) is 42.4 Å². The lowest BCUT2D eigenvalue weighted by Gasteiger charge is -2.41. The molecule has 0 bridgehead atoms. The first-order chi connectivity index (χ1) is 13.5. The molecule has 0 saturated carbocycles. The zero-order chi connectivity index (χ0) is 19.7. The second-order valence-corrected chi connectivity index (χ2v) is 9.34. The van der Waals surface area contributed by atoms with Gasteiger partial charge in [-0.25, -0.2) is 0 Å². The highest BCUT2D eigenvalue weighted by Crippen LogP contribution is 2.39. The molecule has 1 unspecified atom stereocenters. The summed E-state index contributed by atoms with van der Waals surface area (Å²) in [6, 6.07) is 5.65. The van der Waals surface area contributed by atoms with Gasteiger partial charge in [-0.15, -0.1) is 0 Å². The van der Waals surface area contributed by atoms with E-state index in [1.165, 1.54) is 24.6 Å². The minimum Gasteiger partial charge on any atom is -0.351 e. The number of benzene rings is 1. The fourth-order valence-corrected chi connectivity index (χ4v) is 5.47. The summed E-state index contributed by atoms with van der Waals surface area (Å²) in [5, 5.41) is 25.1. The minimum atomic E-state index is 0.311. The molecule has 2 aliphatic heterocycles. The maximum atomic E-state index is 8.57. The Morgan fingerprint density at radius 3 is 2.75 bits per heavy atom. The quantitative estimate of drug-likeness (QED) is 0.507. The summed E-state index contributed by atoms with van der Waals surface area (Å²) in [4.78, 5) is 4.54. The van der Waals surface area contributed by atoms with E-state index in [2.05, 4.69) is 27.0 Å². The van der Waals surface area contributed by atoms with Gasteiger partial charge >= 0.3 is 0 Å². The predicted octanol–water partition coefficient (Wildman–Crippen LogP) is 4.14. The molecule has 1 aromatic heterocycles. The van der Waals surface area contributed by atoms with Crippen molar-refractivity contribution < 1.29 is 0 Å². The van der Waals surface area contributed by atoms with Crippen LogP contribution in [0.25, 0.3) is 11.1 Å². The second kappa shape index (κ2) is 7.89. The van der Waals surface area contributed by atoms with Crippen LogP contribution in [0.1, 0.15) is 24.8 Å². The van der Waals surface area contributed by atoms with E-state index in [9.17, 15) is 0 Å². The van der Waals surface area contributed by atoms with Crippen LogP contribution in [0.2, 0.25) is 5.02 Å². The zero-order valence-electron chi connectivity index (χ0n) is 16.0. The van der Waals surface area contributed by atoms with Crippen LogP contribution in [0.15, 0.2) is 30.6 Å². The van der Waals surface area contributed by atoms with Crippen molar-refractivity contribution in [1.82, 2.24) is 20.0 Å².